The number of carbonyl (C=O) groups is 1. The molecule has 2 rings (SSSR count). The Morgan fingerprint density at radius 1 is 1.38 bits per heavy atom. The maximum absolute atomic E-state index is 11.9. The van der Waals surface area contributed by atoms with Crippen LogP contribution in [-0.4, -0.2) is 34.4 Å². The third kappa shape index (κ3) is 4.39. The Hall–Kier alpha value is -2.21. The quantitative estimate of drug-likeness (QED) is 0.760. The summed E-state index contributed by atoms with van der Waals surface area (Å²) in [6, 6.07) is 7.00. The van der Waals surface area contributed by atoms with E-state index in [1.54, 1.807) is 24.3 Å². The lowest BCUT2D eigenvalue weighted by Crippen LogP contribution is -2.24. The van der Waals surface area contributed by atoms with Crippen molar-refractivity contribution in [2.24, 2.45) is 5.92 Å². The average Bonchev–Trinajstić information content (AvgIpc) is 3.05. The Kier molecular flexibility index (Phi) is 5.45. The van der Waals surface area contributed by atoms with Crippen LogP contribution in [0.4, 0.5) is 0 Å². The summed E-state index contributed by atoms with van der Waals surface area (Å²) in [6.07, 6.45) is 3.02. The van der Waals surface area contributed by atoms with Gasteiger partial charge in [0.15, 0.2) is 0 Å². The molecule has 1 aromatic carbocycles. The molecule has 6 nitrogen and oxygen atoms in total. The molecule has 0 saturated carbocycles. The molecule has 0 bridgehead atoms. The first-order valence-electron chi connectivity index (χ1n) is 6.96. The molecule has 0 saturated heterocycles. The van der Waals surface area contributed by atoms with Gasteiger partial charge in [-0.15, -0.1) is 10.2 Å². The summed E-state index contributed by atoms with van der Waals surface area (Å²) in [4.78, 5) is 11.9. The summed E-state index contributed by atoms with van der Waals surface area (Å²) in [7, 11) is 0. The molecule has 1 heterocycles. The zero-order valence-corrected chi connectivity index (χ0v) is 12.0. The molecule has 21 heavy (non-hydrogen) atoms. The van der Waals surface area contributed by atoms with E-state index in [2.05, 4.69) is 15.5 Å². The predicted molar refractivity (Wildman–Crippen MR) is 77.6 cm³/mol. The maximum Gasteiger partial charge on any atom is 0.251 e. The van der Waals surface area contributed by atoms with Crippen molar-refractivity contribution in [2.75, 3.05) is 13.2 Å². The number of aliphatic hydroxyl groups is 1. The second-order valence-corrected chi connectivity index (χ2v) is 5.01. The van der Waals surface area contributed by atoms with Gasteiger partial charge in [0, 0.05) is 24.3 Å². The van der Waals surface area contributed by atoms with Gasteiger partial charge in [0.1, 0.15) is 0 Å². The van der Waals surface area contributed by atoms with Crippen LogP contribution in [0.1, 0.15) is 30.1 Å². The molecule has 0 aliphatic heterocycles. The van der Waals surface area contributed by atoms with E-state index < -0.39 is 0 Å². The molecular formula is C15H19N3O3. The number of benzene rings is 1. The van der Waals surface area contributed by atoms with Crippen LogP contribution >= 0.6 is 0 Å². The highest BCUT2D eigenvalue weighted by molar-refractivity contribution is 5.94. The van der Waals surface area contributed by atoms with Crippen molar-refractivity contribution in [3.63, 3.8) is 0 Å². The fourth-order valence-corrected chi connectivity index (χ4v) is 1.91. The van der Waals surface area contributed by atoms with Gasteiger partial charge in [0.05, 0.1) is 0 Å². The lowest BCUT2D eigenvalue weighted by Gasteiger charge is -2.08. The van der Waals surface area contributed by atoms with Crippen molar-refractivity contribution < 1.29 is 14.3 Å². The Bertz CT molecular complexity index is 552. The third-order valence-electron chi connectivity index (χ3n) is 3.23. The predicted octanol–water partition coefficient (Wildman–Crippen LogP) is 1.87. The van der Waals surface area contributed by atoms with E-state index in [-0.39, 0.29) is 18.4 Å². The van der Waals surface area contributed by atoms with E-state index >= 15 is 0 Å². The molecule has 0 aliphatic rings. The number of nitrogens with one attached hydrogen (secondary N) is 1. The lowest BCUT2D eigenvalue weighted by atomic mass is 10.1. The molecule has 0 spiro atoms. The Balaban J connectivity index is 1.83. The number of aromatic nitrogens is 2. The zero-order valence-electron chi connectivity index (χ0n) is 12.0. The van der Waals surface area contributed by atoms with Crippen molar-refractivity contribution in [1.82, 2.24) is 15.5 Å². The highest BCUT2D eigenvalue weighted by Gasteiger charge is 2.08. The van der Waals surface area contributed by atoms with Crippen LogP contribution in [0.25, 0.3) is 11.5 Å². The van der Waals surface area contributed by atoms with E-state index in [9.17, 15) is 4.79 Å². The third-order valence-corrected chi connectivity index (χ3v) is 3.23. The molecule has 6 heteroatoms. The van der Waals surface area contributed by atoms with Crippen LogP contribution in [0.3, 0.4) is 0 Å². The summed E-state index contributed by atoms with van der Waals surface area (Å²) < 4.78 is 5.09. The molecule has 1 atom stereocenters. The molecule has 2 N–H and O–H groups in total. The minimum Gasteiger partial charge on any atom is -0.423 e. The molecule has 0 fully saturated rings. The standard InChI is InChI=1S/C15H19N3O3/c1-11(9-19)3-2-8-16-14(20)12-4-6-13(7-5-12)15-18-17-10-21-15/h4-7,10-11,19H,2-3,8-9H2,1H3,(H,16,20). The van der Waals surface area contributed by atoms with Crippen LogP contribution in [-0.2, 0) is 0 Å². The van der Waals surface area contributed by atoms with Crippen LogP contribution in [0, 0.1) is 5.92 Å². The van der Waals surface area contributed by atoms with Gasteiger partial charge in [-0.1, -0.05) is 6.92 Å². The van der Waals surface area contributed by atoms with Crippen molar-refractivity contribution in [2.45, 2.75) is 19.8 Å². The van der Waals surface area contributed by atoms with E-state index in [0.717, 1.165) is 18.4 Å². The van der Waals surface area contributed by atoms with Gasteiger partial charge in [0.2, 0.25) is 12.3 Å². The SMILES string of the molecule is CC(CO)CCCNC(=O)c1ccc(-c2nnco2)cc1. The monoisotopic (exact) mass is 289 g/mol. The molecule has 0 radical (unpaired) electrons. The molecule has 2 aromatic rings. The topological polar surface area (TPSA) is 88.2 Å². The summed E-state index contributed by atoms with van der Waals surface area (Å²) in [5, 5.41) is 19.2. The number of hydrogen-bond acceptors (Lipinski definition) is 5. The van der Waals surface area contributed by atoms with E-state index in [4.69, 9.17) is 9.52 Å². The zero-order chi connectivity index (χ0) is 15.1. The van der Waals surface area contributed by atoms with Gasteiger partial charge in [-0.05, 0) is 43.0 Å². The fourth-order valence-electron chi connectivity index (χ4n) is 1.91. The average molecular weight is 289 g/mol. The lowest BCUT2D eigenvalue weighted by molar-refractivity contribution is 0.0952. The number of hydrogen-bond donors (Lipinski definition) is 2. The van der Waals surface area contributed by atoms with E-state index in [1.165, 1.54) is 6.39 Å². The Morgan fingerprint density at radius 3 is 2.76 bits per heavy atom. The molecule has 112 valence electrons. The van der Waals surface area contributed by atoms with Crippen molar-refractivity contribution in [3.05, 3.63) is 36.2 Å². The van der Waals surface area contributed by atoms with Gasteiger partial charge in [-0.25, -0.2) is 0 Å². The van der Waals surface area contributed by atoms with Crippen LogP contribution in [0.2, 0.25) is 0 Å². The van der Waals surface area contributed by atoms with E-state index in [0.29, 0.717) is 18.0 Å². The molecular weight excluding hydrogens is 270 g/mol. The van der Waals surface area contributed by atoms with Crippen molar-refractivity contribution in [1.29, 1.82) is 0 Å². The van der Waals surface area contributed by atoms with Crippen molar-refractivity contribution >= 4 is 5.91 Å². The minimum absolute atomic E-state index is 0.108. The first-order chi connectivity index (χ1) is 10.2. The number of rotatable bonds is 7. The molecule has 1 aromatic heterocycles. The maximum atomic E-state index is 11.9. The fraction of sp³-hybridized carbons (Fsp3) is 0.400. The molecule has 0 aliphatic carbocycles. The number of carbonyl (C=O) groups excluding carboxylic acids is 1. The summed E-state index contributed by atoms with van der Waals surface area (Å²) >= 11 is 0. The van der Waals surface area contributed by atoms with Gasteiger partial charge >= 0.3 is 0 Å². The molecule has 1 amide bonds. The first kappa shape index (κ1) is 15.2. The number of amides is 1. The number of nitrogens with zero attached hydrogens (tertiary/aromatic N) is 2. The highest BCUT2D eigenvalue weighted by Crippen LogP contribution is 2.16. The first-order valence-corrected chi connectivity index (χ1v) is 6.96. The second kappa shape index (κ2) is 7.54. The smallest absolute Gasteiger partial charge is 0.251 e. The van der Waals surface area contributed by atoms with Crippen LogP contribution in [0.5, 0.6) is 0 Å². The largest absolute Gasteiger partial charge is 0.423 e. The Labute approximate surface area is 123 Å². The summed E-state index contributed by atoms with van der Waals surface area (Å²) in [6.45, 7) is 2.78. The van der Waals surface area contributed by atoms with Gasteiger partial charge in [-0.3, -0.25) is 4.79 Å². The van der Waals surface area contributed by atoms with Crippen molar-refractivity contribution in [3.8, 4) is 11.5 Å². The number of aliphatic hydroxyl groups excluding tert-OH is 1. The van der Waals surface area contributed by atoms with Gasteiger partial charge < -0.3 is 14.8 Å². The highest BCUT2D eigenvalue weighted by atomic mass is 16.4. The normalized spacial score (nSPS) is 12.1. The van der Waals surface area contributed by atoms with Crippen LogP contribution in [0.15, 0.2) is 35.1 Å². The molecule has 1 unspecified atom stereocenters. The second-order valence-electron chi connectivity index (χ2n) is 5.01. The minimum atomic E-state index is -0.108. The Morgan fingerprint density at radius 2 is 2.14 bits per heavy atom. The van der Waals surface area contributed by atoms with Gasteiger partial charge in [0.25, 0.3) is 5.91 Å². The summed E-state index contributed by atoms with van der Waals surface area (Å²) in [5.74, 6) is 0.597. The summed E-state index contributed by atoms with van der Waals surface area (Å²) in [5.41, 5.74) is 1.37. The van der Waals surface area contributed by atoms with E-state index in [1.807, 2.05) is 6.92 Å². The van der Waals surface area contributed by atoms with Crippen LogP contribution < -0.4 is 5.32 Å². The van der Waals surface area contributed by atoms with Gasteiger partial charge in [-0.2, -0.15) is 0 Å².